The van der Waals surface area contributed by atoms with Crippen LogP contribution in [0.25, 0.3) is 0 Å². The first-order valence-electron chi connectivity index (χ1n) is 6.86. The molecule has 0 saturated heterocycles. The number of hydrogen-bond donors (Lipinski definition) is 0. The van der Waals surface area contributed by atoms with E-state index in [1.807, 2.05) is 18.2 Å². The van der Waals surface area contributed by atoms with Gasteiger partial charge in [0.05, 0.1) is 8.59 Å². The Morgan fingerprint density at radius 1 is 1.00 bits per heavy atom. The van der Waals surface area contributed by atoms with Crippen LogP contribution in [-0.2, 0) is 0 Å². The van der Waals surface area contributed by atoms with Crippen LogP contribution in [0.1, 0.15) is 41.5 Å². The Hall–Kier alpha value is 0.257. The molecule has 0 aromatic heterocycles. The van der Waals surface area contributed by atoms with Crippen molar-refractivity contribution in [2.24, 2.45) is 0 Å². The summed E-state index contributed by atoms with van der Waals surface area (Å²) in [6.45, 7) is 13.8. The first-order valence-corrected chi connectivity index (χ1v) is 10.5. The minimum atomic E-state index is -1.89. The van der Waals surface area contributed by atoms with E-state index in [0.717, 1.165) is 14.3 Å². The number of hydrogen-bond acceptors (Lipinski definition) is 1. The van der Waals surface area contributed by atoms with Crippen LogP contribution in [0.15, 0.2) is 18.2 Å². The van der Waals surface area contributed by atoms with Gasteiger partial charge in [0, 0.05) is 0 Å². The van der Waals surface area contributed by atoms with Gasteiger partial charge in [-0.2, -0.15) is 0 Å². The molecule has 0 bridgehead atoms. The molecule has 108 valence electrons. The van der Waals surface area contributed by atoms with Crippen molar-refractivity contribution in [1.29, 1.82) is 0 Å². The van der Waals surface area contributed by atoms with E-state index in [-0.39, 0.29) is 0 Å². The summed E-state index contributed by atoms with van der Waals surface area (Å²) in [5.74, 6) is 0.955. The monoisotopic (exact) mass is 410 g/mol. The van der Waals surface area contributed by atoms with Crippen molar-refractivity contribution in [2.45, 2.75) is 58.2 Å². The van der Waals surface area contributed by atoms with Crippen LogP contribution in [0.5, 0.6) is 5.75 Å². The molecule has 19 heavy (non-hydrogen) atoms. The zero-order valence-corrected chi connectivity index (χ0v) is 16.5. The summed E-state index contributed by atoms with van der Waals surface area (Å²) in [4.78, 5) is 0. The van der Waals surface area contributed by atoms with Crippen molar-refractivity contribution < 1.29 is 4.43 Å². The van der Waals surface area contributed by atoms with Gasteiger partial charge in [0.25, 0.3) is 8.32 Å². The smallest absolute Gasteiger partial charge is 0.258 e. The normalized spacial score (nSPS) is 12.6. The molecule has 0 aliphatic carbocycles. The summed E-state index contributed by atoms with van der Waals surface area (Å²) in [6, 6.07) is 5.93. The fourth-order valence-electron chi connectivity index (χ4n) is 3.11. The van der Waals surface area contributed by atoms with Crippen molar-refractivity contribution in [2.75, 3.05) is 0 Å². The molecule has 0 unspecified atom stereocenters. The lowest BCUT2D eigenvalue weighted by Gasteiger charge is -2.42. The van der Waals surface area contributed by atoms with Gasteiger partial charge in [0.15, 0.2) is 0 Å². The summed E-state index contributed by atoms with van der Waals surface area (Å²) >= 11 is 8.49. The van der Waals surface area contributed by atoms with Crippen LogP contribution in [0.2, 0.25) is 21.6 Å². The molecular weight excluding hydrogens is 387 g/mol. The van der Waals surface area contributed by atoms with Gasteiger partial charge in [-0.1, -0.05) is 59.2 Å². The molecule has 0 amide bonds. The van der Waals surface area contributed by atoms with Gasteiger partial charge in [0.1, 0.15) is 5.75 Å². The Balaban J connectivity index is 3.25. The van der Waals surface area contributed by atoms with E-state index in [2.05, 4.69) is 64.1 Å². The highest BCUT2D eigenvalue weighted by Gasteiger charge is 2.47. The fourth-order valence-corrected chi connectivity index (χ4v) is 9.21. The maximum Gasteiger partial charge on any atom is 0.258 e. The second kappa shape index (κ2) is 6.81. The maximum absolute atomic E-state index is 6.64. The lowest BCUT2D eigenvalue weighted by atomic mass is 10.3. The number of halogens is 2. The van der Waals surface area contributed by atoms with Crippen LogP contribution in [0.3, 0.4) is 0 Å². The van der Waals surface area contributed by atoms with Crippen molar-refractivity contribution >= 4 is 42.5 Å². The van der Waals surface area contributed by atoms with Crippen molar-refractivity contribution in [3.63, 3.8) is 0 Å². The summed E-state index contributed by atoms with van der Waals surface area (Å²) in [6.07, 6.45) is 0. The maximum atomic E-state index is 6.64. The van der Waals surface area contributed by atoms with E-state index in [0.29, 0.717) is 16.6 Å². The van der Waals surface area contributed by atoms with Crippen molar-refractivity contribution in [3.8, 4) is 5.75 Å². The quantitative estimate of drug-likeness (QED) is 0.397. The molecule has 0 aliphatic heterocycles. The highest BCUT2D eigenvalue weighted by Crippen LogP contribution is 2.44. The lowest BCUT2D eigenvalue weighted by molar-refractivity contribution is 0.477. The van der Waals surface area contributed by atoms with Gasteiger partial charge in [-0.05, 0) is 51.3 Å². The molecule has 0 aliphatic rings. The van der Waals surface area contributed by atoms with E-state index in [4.69, 9.17) is 16.0 Å². The molecule has 1 aromatic carbocycles. The van der Waals surface area contributed by atoms with Gasteiger partial charge in [-0.25, -0.2) is 0 Å². The summed E-state index contributed by atoms with van der Waals surface area (Å²) < 4.78 is 7.67. The second-order valence-corrected chi connectivity index (χ2v) is 12.8. The van der Waals surface area contributed by atoms with Gasteiger partial charge >= 0.3 is 0 Å². The number of rotatable bonds is 5. The van der Waals surface area contributed by atoms with Gasteiger partial charge in [-0.3, -0.25) is 0 Å². The Morgan fingerprint density at radius 3 is 1.89 bits per heavy atom. The van der Waals surface area contributed by atoms with Crippen LogP contribution in [-0.4, -0.2) is 8.32 Å². The molecule has 1 nitrogen and oxygen atoms in total. The molecule has 0 radical (unpaired) electrons. The molecule has 0 atom stereocenters. The Kier molecular flexibility index (Phi) is 6.20. The molecule has 1 aromatic rings. The molecule has 0 spiro atoms. The SMILES string of the molecule is CC(C)[Si](Oc1cccc(Cl)c1I)(C(C)C)C(C)C. The van der Waals surface area contributed by atoms with Crippen LogP contribution in [0.4, 0.5) is 0 Å². The molecule has 0 N–H and O–H groups in total. The third-order valence-electron chi connectivity index (χ3n) is 3.91. The predicted octanol–water partition coefficient (Wildman–Crippen LogP) is 6.50. The zero-order chi connectivity index (χ0) is 14.8. The Labute approximate surface area is 137 Å². The summed E-state index contributed by atoms with van der Waals surface area (Å²) in [7, 11) is -1.89. The van der Waals surface area contributed by atoms with Crippen LogP contribution in [0, 0.1) is 3.57 Å². The van der Waals surface area contributed by atoms with E-state index in [1.165, 1.54) is 0 Å². The van der Waals surface area contributed by atoms with Crippen LogP contribution < -0.4 is 4.43 Å². The molecular formula is C15H24ClIOSi. The van der Waals surface area contributed by atoms with E-state index < -0.39 is 8.32 Å². The third-order valence-corrected chi connectivity index (χ3v) is 11.6. The highest BCUT2D eigenvalue weighted by molar-refractivity contribution is 14.1. The van der Waals surface area contributed by atoms with Crippen molar-refractivity contribution in [3.05, 3.63) is 26.8 Å². The summed E-state index contributed by atoms with van der Waals surface area (Å²) in [5, 5.41) is 0.775. The predicted molar refractivity (Wildman–Crippen MR) is 95.8 cm³/mol. The van der Waals surface area contributed by atoms with E-state index in [9.17, 15) is 0 Å². The molecule has 4 heteroatoms. The Morgan fingerprint density at radius 2 is 1.47 bits per heavy atom. The average Bonchev–Trinajstić information content (AvgIpc) is 2.29. The Bertz CT molecular complexity index is 410. The average molecular weight is 411 g/mol. The van der Waals surface area contributed by atoms with Gasteiger partial charge < -0.3 is 4.43 Å². The molecule has 0 heterocycles. The number of benzene rings is 1. The lowest BCUT2D eigenvalue weighted by Crippen LogP contribution is -2.50. The first-order chi connectivity index (χ1) is 8.73. The standard InChI is InChI=1S/C15H24ClIOSi/c1-10(2)19(11(3)4,12(5)6)18-14-9-7-8-13(16)15(14)17/h7-12H,1-6H3. The molecule has 0 saturated carbocycles. The van der Waals surface area contributed by atoms with Gasteiger partial charge in [0.2, 0.25) is 0 Å². The minimum absolute atomic E-state index is 0.572. The third kappa shape index (κ3) is 3.48. The summed E-state index contributed by atoms with van der Waals surface area (Å²) in [5.41, 5.74) is 1.71. The zero-order valence-electron chi connectivity index (χ0n) is 12.6. The van der Waals surface area contributed by atoms with Crippen molar-refractivity contribution in [1.82, 2.24) is 0 Å². The van der Waals surface area contributed by atoms with E-state index >= 15 is 0 Å². The minimum Gasteiger partial charge on any atom is -0.542 e. The fraction of sp³-hybridized carbons (Fsp3) is 0.600. The van der Waals surface area contributed by atoms with E-state index in [1.54, 1.807) is 0 Å². The first kappa shape index (κ1) is 17.3. The van der Waals surface area contributed by atoms with Crippen LogP contribution >= 0.6 is 34.2 Å². The van der Waals surface area contributed by atoms with Gasteiger partial charge in [-0.15, -0.1) is 0 Å². The molecule has 0 fully saturated rings. The largest absolute Gasteiger partial charge is 0.542 e. The topological polar surface area (TPSA) is 9.23 Å². The molecule has 1 rings (SSSR count). The highest BCUT2D eigenvalue weighted by atomic mass is 127. The second-order valence-electron chi connectivity index (χ2n) is 5.97.